The van der Waals surface area contributed by atoms with Crippen molar-refractivity contribution in [3.8, 4) is 0 Å². The van der Waals surface area contributed by atoms with E-state index in [4.69, 9.17) is 4.74 Å². The minimum Gasteiger partial charge on any atom is -0.378 e. The molecule has 17 heavy (non-hydrogen) atoms. The summed E-state index contributed by atoms with van der Waals surface area (Å²) >= 11 is 0. The summed E-state index contributed by atoms with van der Waals surface area (Å²) in [5.41, 5.74) is -0.180. The largest absolute Gasteiger partial charge is 0.378 e. The van der Waals surface area contributed by atoms with E-state index in [0.717, 1.165) is 0 Å². The van der Waals surface area contributed by atoms with Gasteiger partial charge < -0.3 is 14.2 Å². The van der Waals surface area contributed by atoms with Crippen LogP contribution < -0.4 is 5.56 Å². The topological polar surface area (TPSA) is 51.5 Å². The van der Waals surface area contributed by atoms with Crippen LogP contribution in [0.4, 0.5) is 0 Å². The molecule has 2 heterocycles. The van der Waals surface area contributed by atoms with Crippen molar-refractivity contribution >= 4 is 5.91 Å². The van der Waals surface area contributed by atoms with Gasteiger partial charge in [0.2, 0.25) is 5.91 Å². The molecule has 0 aromatic carbocycles. The molecule has 89 valence electrons. The predicted octanol–water partition coefficient (Wildman–Crippen LogP) is -0.495. The second kappa shape index (κ2) is 7.04. The van der Waals surface area contributed by atoms with E-state index in [1.165, 1.54) is 22.9 Å². The SMILES string of the molecule is O=C(Cn1c[c-]ccc1=O)N1CCOCC1.[Y]. The Morgan fingerprint density at radius 1 is 1.41 bits per heavy atom. The maximum absolute atomic E-state index is 11.8. The van der Waals surface area contributed by atoms with Gasteiger partial charge in [0, 0.05) is 45.8 Å². The van der Waals surface area contributed by atoms with Gasteiger partial charge >= 0.3 is 0 Å². The number of hydrogen-bond acceptors (Lipinski definition) is 3. The van der Waals surface area contributed by atoms with Gasteiger partial charge in [-0.1, -0.05) is 6.20 Å². The summed E-state index contributed by atoms with van der Waals surface area (Å²) in [5, 5.41) is 0. The van der Waals surface area contributed by atoms with Gasteiger partial charge in [-0.15, -0.1) is 6.07 Å². The number of rotatable bonds is 2. The first-order chi connectivity index (χ1) is 7.77. The zero-order valence-electron chi connectivity index (χ0n) is 9.46. The van der Waals surface area contributed by atoms with Crippen LogP contribution >= 0.6 is 0 Å². The van der Waals surface area contributed by atoms with Crippen LogP contribution in [-0.2, 0) is 48.8 Å². The Morgan fingerprint density at radius 3 is 2.76 bits per heavy atom. The average molecular weight is 310 g/mol. The molecule has 0 bridgehead atoms. The fourth-order valence-electron chi connectivity index (χ4n) is 1.59. The number of carbonyl (C=O) groups is 1. The van der Waals surface area contributed by atoms with Crippen molar-refractivity contribution in [1.82, 2.24) is 9.47 Å². The van der Waals surface area contributed by atoms with Crippen molar-refractivity contribution in [3.63, 3.8) is 0 Å². The number of aromatic nitrogens is 1. The summed E-state index contributed by atoms with van der Waals surface area (Å²) in [6.07, 6.45) is 1.50. The smallest absolute Gasteiger partial charge is 0.242 e. The Morgan fingerprint density at radius 2 is 2.12 bits per heavy atom. The number of amides is 1. The predicted molar refractivity (Wildman–Crippen MR) is 56.9 cm³/mol. The van der Waals surface area contributed by atoms with Gasteiger partial charge in [-0.25, -0.2) is 12.1 Å². The van der Waals surface area contributed by atoms with E-state index < -0.39 is 0 Å². The van der Waals surface area contributed by atoms with Crippen LogP contribution in [0.25, 0.3) is 0 Å². The van der Waals surface area contributed by atoms with Crippen LogP contribution in [0.5, 0.6) is 0 Å². The first kappa shape index (κ1) is 14.5. The van der Waals surface area contributed by atoms with Gasteiger partial charge in [-0.3, -0.25) is 9.59 Å². The maximum atomic E-state index is 11.8. The van der Waals surface area contributed by atoms with Crippen molar-refractivity contribution in [2.75, 3.05) is 26.3 Å². The number of nitrogens with zero attached hydrogens (tertiary/aromatic N) is 2. The van der Waals surface area contributed by atoms with Crippen LogP contribution in [-0.4, -0.2) is 41.7 Å². The Hall–Kier alpha value is -0.516. The molecule has 0 N–H and O–H groups in total. The van der Waals surface area contributed by atoms with Crippen molar-refractivity contribution in [3.05, 3.63) is 34.7 Å². The molecule has 1 aromatic rings. The molecule has 0 aliphatic carbocycles. The number of carbonyl (C=O) groups excluding carboxylic acids is 1. The average Bonchev–Trinajstić information content (AvgIpc) is 2.33. The molecule has 1 aromatic heterocycles. The summed E-state index contributed by atoms with van der Waals surface area (Å²) in [5.74, 6) is -0.0509. The van der Waals surface area contributed by atoms with Gasteiger partial charge in [0.1, 0.15) is 6.54 Å². The fraction of sp³-hybridized carbons (Fsp3) is 0.455. The Kier molecular flexibility index (Phi) is 6.02. The number of morpholine rings is 1. The Labute approximate surface area is 125 Å². The van der Waals surface area contributed by atoms with E-state index in [1.807, 2.05) is 0 Å². The van der Waals surface area contributed by atoms with Crippen molar-refractivity contribution in [1.29, 1.82) is 0 Å². The van der Waals surface area contributed by atoms with Crippen molar-refractivity contribution in [2.45, 2.75) is 6.54 Å². The van der Waals surface area contributed by atoms with Crippen LogP contribution in [0.15, 0.2) is 23.1 Å². The van der Waals surface area contributed by atoms with Crippen LogP contribution in [0.3, 0.4) is 0 Å². The molecule has 1 saturated heterocycles. The molecule has 1 amide bonds. The van der Waals surface area contributed by atoms with Crippen LogP contribution in [0.1, 0.15) is 0 Å². The van der Waals surface area contributed by atoms with E-state index in [2.05, 4.69) is 6.07 Å². The minimum absolute atomic E-state index is 0. The Bertz CT molecular complexity index is 427. The standard InChI is InChI=1S/C11H13N2O3.Y/c14-10-3-1-2-4-13(10)9-11(15)12-5-7-16-8-6-12;/h1,3-4H,5-9H2;/q-1;. The monoisotopic (exact) mass is 310 g/mol. The molecule has 0 spiro atoms. The minimum atomic E-state index is -0.180. The van der Waals surface area contributed by atoms with E-state index >= 15 is 0 Å². The summed E-state index contributed by atoms with van der Waals surface area (Å²) in [7, 11) is 0. The second-order valence-electron chi connectivity index (χ2n) is 3.59. The number of pyridine rings is 1. The van der Waals surface area contributed by atoms with Gasteiger partial charge in [0.05, 0.1) is 13.2 Å². The Balaban J connectivity index is 0.00000144. The molecule has 0 atom stereocenters. The fourth-order valence-corrected chi connectivity index (χ4v) is 1.59. The third-order valence-corrected chi connectivity index (χ3v) is 2.50. The second-order valence-corrected chi connectivity index (χ2v) is 3.59. The molecule has 1 aliphatic rings. The van der Waals surface area contributed by atoms with E-state index in [0.29, 0.717) is 26.3 Å². The third kappa shape index (κ3) is 4.01. The van der Waals surface area contributed by atoms with E-state index in [1.54, 1.807) is 4.90 Å². The third-order valence-electron chi connectivity index (χ3n) is 2.50. The summed E-state index contributed by atoms with van der Waals surface area (Å²) < 4.78 is 6.51. The van der Waals surface area contributed by atoms with Crippen LogP contribution in [0, 0.1) is 6.07 Å². The molecule has 6 heteroatoms. The van der Waals surface area contributed by atoms with Crippen LogP contribution in [0.2, 0.25) is 0 Å². The van der Waals surface area contributed by atoms with Crippen molar-refractivity contribution < 1.29 is 42.2 Å². The molecule has 1 fully saturated rings. The van der Waals surface area contributed by atoms with Gasteiger partial charge in [0.15, 0.2) is 5.56 Å². The first-order valence-corrected chi connectivity index (χ1v) is 5.19. The molecule has 2 rings (SSSR count). The van der Waals surface area contributed by atoms with E-state index in [-0.39, 0.29) is 50.7 Å². The van der Waals surface area contributed by atoms with E-state index in [9.17, 15) is 9.59 Å². The molecular formula is C11H13N2O3Y-. The summed E-state index contributed by atoms with van der Waals surface area (Å²) in [6.45, 7) is 2.42. The molecule has 0 saturated carbocycles. The van der Waals surface area contributed by atoms with Crippen molar-refractivity contribution in [2.24, 2.45) is 0 Å². The number of hydrogen-bond donors (Lipinski definition) is 0. The summed E-state index contributed by atoms with van der Waals surface area (Å²) in [4.78, 5) is 24.9. The quantitative estimate of drug-likeness (QED) is 0.693. The molecular weight excluding hydrogens is 297 g/mol. The van der Waals surface area contributed by atoms with Gasteiger partial charge in [-0.05, 0) is 0 Å². The molecule has 1 aliphatic heterocycles. The first-order valence-electron chi connectivity index (χ1n) is 5.19. The molecule has 1 radical (unpaired) electrons. The van der Waals surface area contributed by atoms with Gasteiger partial charge in [0.25, 0.3) is 0 Å². The number of ether oxygens (including phenoxy) is 1. The zero-order valence-corrected chi connectivity index (χ0v) is 12.3. The molecule has 5 nitrogen and oxygen atoms in total. The molecule has 0 unspecified atom stereocenters. The summed E-state index contributed by atoms with van der Waals surface area (Å²) in [6, 6.07) is 5.71. The maximum Gasteiger partial charge on any atom is 0.242 e. The normalized spacial score (nSPS) is 15.2. The zero-order chi connectivity index (χ0) is 11.4. The van der Waals surface area contributed by atoms with Gasteiger partial charge in [-0.2, -0.15) is 0 Å².